The van der Waals surface area contributed by atoms with E-state index in [1.165, 1.54) is 6.92 Å². The lowest BCUT2D eigenvalue weighted by Gasteiger charge is -2.42. The number of hydrogen-bond acceptors (Lipinski definition) is 7. The summed E-state index contributed by atoms with van der Waals surface area (Å²) >= 11 is 0. The van der Waals surface area contributed by atoms with Crippen molar-refractivity contribution in [3.63, 3.8) is 0 Å². The van der Waals surface area contributed by atoms with Crippen LogP contribution < -0.4 is 0 Å². The van der Waals surface area contributed by atoms with Crippen LogP contribution in [0.1, 0.15) is 13.3 Å². The van der Waals surface area contributed by atoms with Gasteiger partial charge in [-0.05, 0) is 0 Å². The number of carboxylic acids is 1. The highest BCUT2D eigenvalue weighted by molar-refractivity contribution is 5.84. The minimum Gasteiger partial charge on any atom is -0.477 e. The van der Waals surface area contributed by atoms with E-state index in [9.17, 15) is 24.9 Å². The Morgan fingerprint density at radius 1 is 1.50 bits per heavy atom. The van der Waals surface area contributed by atoms with E-state index in [2.05, 4.69) is 0 Å². The third-order valence-electron chi connectivity index (χ3n) is 3.07. The van der Waals surface area contributed by atoms with Crippen LogP contribution in [0.25, 0.3) is 0 Å². The second kappa shape index (κ2) is 5.29. The van der Waals surface area contributed by atoms with E-state index >= 15 is 0 Å². The number of carboxylic acid groups (broad SMARTS) is 1. The van der Waals surface area contributed by atoms with E-state index in [0.717, 1.165) is 0 Å². The lowest BCUT2D eigenvalue weighted by atomic mass is 9.85. The van der Waals surface area contributed by atoms with Gasteiger partial charge in [-0.3, -0.25) is 4.79 Å². The zero-order chi connectivity index (χ0) is 14.1. The monoisotopic (exact) mass is 264 g/mol. The zero-order valence-corrected chi connectivity index (χ0v) is 9.68. The van der Waals surface area contributed by atoms with Crippen LogP contribution in [0.4, 0.5) is 0 Å². The average Bonchev–Trinajstić information content (AvgIpc) is 2.31. The van der Waals surface area contributed by atoms with Gasteiger partial charge < -0.3 is 30.3 Å². The molecule has 1 heterocycles. The molecule has 0 bridgehead atoms. The standard InChI is InChI=1S/C10H16O8/c1-4-5(12)2-10(17,9(15)16)18-8(4)7(14)6(13)3-11/h4-5,7-8,11-12,14,17H,2-3H2,1H3,(H,15,16). The SMILES string of the molecule is CC1C(O)CC(O)(C(=O)O)OC1C(O)C(=O)CO. The molecule has 0 saturated carbocycles. The molecule has 104 valence electrons. The molecule has 1 aliphatic heterocycles. The molecule has 0 aromatic rings. The molecule has 1 fully saturated rings. The Kier molecular flexibility index (Phi) is 4.41. The number of carbonyl (C=O) groups excluding carboxylic acids is 1. The van der Waals surface area contributed by atoms with Crippen LogP contribution in [0.2, 0.25) is 0 Å². The van der Waals surface area contributed by atoms with Crippen molar-refractivity contribution in [2.24, 2.45) is 5.92 Å². The van der Waals surface area contributed by atoms with Gasteiger partial charge >= 0.3 is 5.97 Å². The van der Waals surface area contributed by atoms with Crippen LogP contribution in [0.5, 0.6) is 0 Å². The second-order valence-corrected chi connectivity index (χ2v) is 4.37. The number of aliphatic hydroxyl groups is 4. The Hall–Kier alpha value is -1.06. The van der Waals surface area contributed by atoms with E-state index in [1.807, 2.05) is 0 Å². The van der Waals surface area contributed by atoms with E-state index < -0.39 is 54.8 Å². The summed E-state index contributed by atoms with van der Waals surface area (Å²) in [6.07, 6.45) is -5.05. The fourth-order valence-corrected chi connectivity index (χ4v) is 1.84. The van der Waals surface area contributed by atoms with Crippen molar-refractivity contribution in [2.75, 3.05) is 6.61 Å². The van der Waals surface area contributed by atoms with Crippen molar-refractivity contribution >= 4 is 11.8 Å². The van der Waals surface area contributed by atoms with Crippen LogP contribution in [-0.4, -0.2) is 68.0 Å². The average molecular weight is 264 g/mol. The molecule has 18 heavy (non-hydrogen) atoms. The Morgan fingerprint density at radius 3 is 2.50 bits per heavy atom. The summed E-state index contributed by atoms with van der Waals surface area (Å²) in [5, 5.41) is 46.3. The fraction of sp³-hybridized carbons (Fsp3) is 0.800. The van der Waals surface area contributed by atoms with Gasteiger partial charge in [-0.15, -0.1) is 0 Å². The van der Waals surface area contributed by atoms with Crippen molar-refractivity contribution in [1.29, 1.82) is 0 Å². The summed E-state index contributed by atoms with van der Waals surface area (Å²) in [6.45, 7) is 0.486. The predicted octanol–water partition coefficient (Wildman–Crippen LogP) is -2.53. The molecule has 1 rings (SSSR count). The zero-order valence-electron chi connectivity index (χ0n) is 9.68. The Bertz CT molecular complexity index is 343. The summed E-state index contributed by atoms with van der Waals surface area (Å²) in [5.41, 5.74) is 0. The molecule has 1 saturated heterocycles. The number of ketones is 1. The van der Waals surface area contributed by atoms with Crippen LogP contribution in [0, 0.1) is 5.92 Å². The molecule has 1 aliphatic rings. The maximum absolute atomic E-state index is 11.2. The minimum atomic E-state index is -2.66. The first-order valence-electron chi connectivity index (χ1n) is 5.36. The van der Waals surface area contributed by atoms with Gasteiger partial charge in [0.25, 0.3) is 5.79 Å². The number of rotatable bonds is 4. The summed E-state index contributed by atoms with van der Waals surface area (Å²) in [6, 6.07) is 0. The Balaban J connectivity index is 2.95. The van der Waals surface area contributed by atoms with Crippen molar-refractivity contribution < 1.29 is 39.9 Å². The van der Waals surface area contributed by atoms with Crippen molar-refractivity contribution in [3.8, 4) is 0 Å². The molecule has 0 aliphatic carbocycles. The molecule has 5 N–H and O–H groups in total. The van der Waals surface area contributed by atoms with Crippen LogP contribution >= 0.6 is 0 Å². The molecule has 0 radical (unpaired) electrons. The smallest absolute Gasteiger partial charge is 0.364 e. The number of Topliss-reactive ketones (excluding diaryl/α,β-unsaturated/α-hetero) is 1. The predicted molar refractivity (Wildman–Crippen MR) is 55.3 cm³/mol. The number of carbonyl (C=O) groups is 2. The van der Waals surface area contributed by atoms with Gasteiger partial charge in [-0.1, -0.05) is 6.92 Å². The first-order valence-corrected chi connectivity index (χ1v) is 5.36. The van der Waals surface area contributed by atoms with Gasteiger partial charge in [0.1, 0.15) is 12.7 Å². The second-order valence-electron chi connectivity index (χ2n) is 4.37. The summed E-state index contributed by atoms with van der Waals surface area (Å²) in [7, 11) is 0. The lowest BCUT2D eigenvalue weighted by Crippen LogP contribution is -2.59. The molecule has 8 heteroatoms. The molecule has 0 amide bonds. The first kappa shape index (κ1) is 15.0. The van der Waals surface area contributed by atoms with Gasteiger partial charge in [0.15, 0.2) is 5.78 Å². The van der Waals surface area contributed by atoms with Gasteiger partial charge in [0.05, 0.1) is 12.2 Å². The molecule has 0 aromatic heterocycles. The molecule has 8 nitrogen and oxygen atoms in total. The van der Waals surface area contributed by atoms with Crippen molar-refractivity contribution in [1.82, 2.24) is 0 Å². The highest BCUT2D eigenvalue weighted by atomic mass is 16.7. The Morgan fingerprint density at radius 2 is 2.06 bits per heavy atom. The first-order chi connectivity index (χ1) is 8.23. The number of hydrogen-bond donors (Lipinski definition) is 5. The van der Waals surface area contributed by atoms with Crippen LogP contribution in [0.15, 0.2) is 0 Å². The fourth-order valence-electron chi connectivity index (χ4n) is 1.84. The molecular weight excluding hydrogens is 248 g/mol. The van der Waals surface area contributed by atoms with Gasteiger partial charge in [-0.25, -0.2) is 4.79 Å². The highest BCUT2D eigenvalue weighted by Gasteiger charge is 2.52. The minimum absolute atomic E-state index is 0.569. The van der Waals surface area contributed by atoms with Gasteiger partial charge in [0.2, 0.25) is 0 Å². The summed E-state index contributed by atoms with van der Waals surface area (Å²) < 4.78 is 4.82. The molecule has 0 aromatic carbocycles. The third-order valence-corrected chi connectivity index (χ3v) is 3.07. The quantitative estimate of drug-likeness (QED) is 0.374. The lowest BCUT2D eigenvalue weighted by molar-refractivity contribution is -0.294. The van der Waals surface area contributed by atoms with E-state index in [-0.39, 0.29) is 0 Å². The van der Waals surface area contributed by atoms with Crippen LogP contribution in [-0.2, 0) is 14.3 Å². The van der Waals surface area contributed by atoms with Crippen LogP contribution in [0.3, 0.4) is 0 Å². The van der Waals surface area contributed by atoms with Gasteiger partial charge in [-0.2, -0.15) is 0 Å². The highest BCUT2D eigenvalue weighted by Crippen LogP contribution is 2.33. The molecule has 0 spiro atoms. The summed E-state index contributed by atoms with van der Waals surface area (Å²) in [4.78, 5) is 22.0. The number of aliphatic hydroxyl groups excluding tert-OH is 3. The van der Waals surface area contributed by atoms with E-state index in [4.69, 9.17) is 14.9 Å². The normalized spacial score (nSPS) is 38.2. The number of ether oxygens (including phenoxy) is 1. The molecule has 5 atom stereocenters. The maximum Gasteiger partial charge on any atom is 0.364 e. The van der Waals surface area contributed by atoms with Gasteiger partial charge in [0, 0.05) is 12.3 Å². The Labute approximate surface area is 102 Å². The maximum atomic E-state index is 11.2. The summed E-state index contributed by atoms with van der Waals surface area (Å²) in [5.74, 6) is -6.13. The number of aliphatic carboxylic acids is 1. The largest absolute Gasteiger partial charge is 0.477 e. The third kappa shape index (κ3) is 2.68. The van der Waals surface area contributed by atoms with E-state index in [0.29, 0.717) is 0 Å². The van der Waals surface area contributed by atoms with Crippen molar-refractivity contribution in [3.05, 3.63) is 0 Å². The molecule has 5 unspecified atom stereocenters. The van der Waals surface area contributed by atoms with E-state index in [1.54, 1.807) is 0 Å². The molecular formula is C10H16O8. The van der Waals surface area contributed by atoms with Crippen molar-refractivity contribution in [2.45, 2.75) is 37.4 Å². The topological polar surface area (TPSA) is 145 Å².